The molecular formula is C16H27F3N2. The molecule has 1 atom stereocenters. The summed E-state index contributed by atoms with van der Waals surface area (Å²) in [5, 5.41) is 3.75. The fourth-order valence-electron chi connectivity index (χ4n) is 4.35. The van der Waals surface area contributed by atoms with E-state index in [-0.39, 0.29) is 17.6 Å². The SMILES string of the molecule is CC1(C2CC2)CNC2(CCCCC2)CN1CCC(F)(F)F. The van der Waals surface area contributed by atoms with Crippen LogP contribution in [0, 0.1) is 5.92 Å². The largest absolute Gasteiger partial charge is 0.390 e. The van der Waals surface area contributed by atoms with E-state index in [2.05, 4.69) is 17.1 Å². The van der Waals surface area contributed by atoms with E-state index in [9.17, 15) is 13.2 Å². The first-order chi connectivity index (χ1) is 9.83. The van der Waals surface area contributed by atoms with Gasteiger partial charge in [-0.25, -0.2) is 0 Å². The van der Waals surface area contributed by atoms with Gasteiger partial charge in [-0.3, -0.25) is 4.90 Å². The Bertz CT molecular complexity index is 372. The van der Waals surface area contributed by atoms with Gasteiger partial charge in [0.15, 0.2) is 0 Å². The fourth-order valence-corrected chi connectivity index (χ4v) is 4.35. The molecule has 3 fully saturated rings. The first-order valence-corrected chi connectivity index (χ1v) is 8.40. The van der Waals surface area contributed by atoms with Gasteiger partial charge >= 0.3 is 6.18 Å². The Kier molecular flexibility index (Phi) is 4.02. The van der Waals surface area contributed by atoms with Crippen LogP contribution in [0.4, 0.5) is 13.2 Å². The molecular weight excluding hydrogens is 277 g/mol. The average molecular weight is 304 g/mol. The van der Waals surface area contributed by atoms with Crippen molar-refractivity contribution in [1.82, 2.24) is 10.2 Å². The van der Waals surface area contributed by atoms with Crippen LogP contribution in [0.25, 0.3) is 0 Å². The van der Waals surface area contributed by atoms with Gasteiger partial charge in [-0.15, -0.1) is 0 Å². The maximum Gasteiger partial charge on any atom is 0.390 e. The number of rotatable bonds is 3. The number of hydrogen-bond acceptors (Lipinski definition) is 2. The second kappa shape index (κ2) is 5.41. The summed E-state index contributed by atoms with van der Waals surface area (Å²) in [6.07, 6.45) is 3.56. The van der Waals surface area contributed by atoms with Gasteiger partial charge in [0.1, 0.15) is 0 Å². The zero-order chi connectivity index (χ0) is 15.1. The predicted molar refractivity (Wildman–Crippen MR) is 77.2 cm³/mol. The van der Waals surface area contributed by atoms with Crippen LogP contribution in [-0.2, 0) is 0 Å². The molecule has 3 aliphatic rings. The van der Waals surface area contributed by atoms with E-state index in [0.717, 1.165) is 25.9 Å². The zero-order valence-corrected chi connectivity index (χ0v) is 12.9. The van der Waals surface area contributed by atoms with Crippen molar-refractivity contribution in [3.8, 4) is 0 Å². The summed E-state index contributed by atoms with van der Waals surface area (Å²) in [6.45, 7) is 4.00. The van der Waals surface area contributed by atoms with Crippen LogP contribution in [0.3, 0.4) is 0 Å². The Morgan fingerprint density at radius 2 is 1.81 bits per heavy atom. The van der Waals surface area contributed by atoms with Crippen LogP contribution in [-0.4, -0.2) is 41.8 Å². The van der Waals surface area contributed by atoms with Gasteiger partial charge in [-0.2, -0.15) is 13.2 Å². The fraction of sp³-hybridized carbons (Fsp3) is 1.00. The molecule has 1 unspecified atom stereocenters. The van der Waals surface area contributed by atoms with Gasteiger partial charge < -0.3 is 5.32 Å². The molecule has 1 saturated heterocycles. The van der Waals surface area contributed by atoms with E-state index < -0.39 is 12.6 Å². The van der Waals surface area contributed by atoms with Gasteiger partial charge in [0.05, 0.1) is 6.42 Å². The molecule has 2 nitrogen and oxygen atoms in total. The van der Waals surface area contributed by atoms with Crippen LogP contribution in [0.2, 0.25) is 0 Å². The van der Waals surface area contributed by atoms with Gasteiger partial charge in [0.25, 0.3) is 0 Å². The molecule has 0 aromatic carbocycles. The van der Waals surface area contributed by atoms with Crippen molar-refractivity contribution in [3.63, 3.8) is 0 Å². The minimum absolute atomic E-state index is 0.0754. The van der Waals surface area contributed by atoms with E-state index in [1.165, 1.54) is 32.1 Å². The molecule has 1 N–H and O–H groups in total. The van der Waals surface area contributed by atoms with Crippen molar-refractivity contribution in [2.45, 2.75) is 75.5 Å². The second-order valence-electron chi connectivity index (χ2n) is 7.61. The van der Waals surface area contributed by atoms with Crippen LogP contribution in [0.5, 0.6) is 0 Å². The Balaban J connectivity index is 1.72. The number of piperazine rings is 1. The zero-order valence-electron chi connectivity index (χ0n) is 12.9. The van der Waals surface area contributed by atoms with Crippen molar-refractivity contribution >= 4 is 0 Å². The Morgan fingerprint density at radius 1 is 1.14 bits per heavy atom. The summed E-state index contributed by atoms with van der Waals surface area (Å²) in [4.78, 5) is 2.18. The van der Waals surface area contributed by atoms with Gasteiger partial charge in [0.2, 0.25) is 0 Å². The molecule has 2 aliphatic carbocycles. The van der Waals surface area contributed by atoms with Crippen molar-refractivity contribution in [2.75, 3.05) is 19.6 Å². The quantitative estimate of drug-likeness (QED) is 0.855. The van der Waals surface area contributed by atoms with E-state index in [1.54, 1.807) is 0 Å². The van der Waals surface area contributed by atoms with Crippen LogP contribution >= 0.6 is 0 Å². The average Bonchev–Trinajstić information content (AvgIpc) is 3.25. The van der Waals surface area contributed by atoms with Gasteiger partial charge in [-0.1, -0.05) is 19.3 Å². The summed E-state index contributed by atoms with van der Waals surface area (Å²) in [6, 6.07) is 0. The van der Waals surface area contributed by atoms with Crippen LogP contribution < -0.4 is 5.32 Å². The van der Waals surface area contributed by atoms with Crippen molar-refractivity contribution < 1.29 is 13.2 Å². The third-order valence-electron chi connectivity index (χ3n) is 5.97. The first-order valence-electron chi connectivity index (χ1n) is 8.40. The number of halogens is 3. The minimum Gasteiger partial charge on any atom is -0.308 e. The van der Waals surface area contributed by atoms with E-state index in [0.29, 0.717) is 5.92 Å². The van der Waals surface area contributed by atoms with Crippen molar-refractivity contribution in [1.29, 1.82) is 0 Å². The van der Waals surface area contributed by atoms with Crippen LogP contribution in [0.15, 0.2) is 0 Å². The van der Waals surface area contributed by atoms with Crippen molar-refractivity contribution in [3.05, 3.63) is 0 Å². The molecule has 1 aliphatic heterocycles. The van der Waals surface area contributed by atoms with E-state index >= 15 is 0 Å². The number of alkyl halides is 3. The first kappa shape index (κ1) is 15.6. The predicted octanol–water partition coefficient (Wildman–Crippen LogP) is 3.72. The number of nitrogens with one attached hydrogen (secondary N) is 1. The molecule has 21 heavy (non-hydrogen) atoms. The number of hydrogen-bond donors (Lipinski definition) is 1. The molecule has 0 radical (unpaired) electrons. The Morgan fingerprint density at radius 3 is 2.38 bits per heavy atom. The molecule has 0 aromatic heterocycles. The topological polar surface area (TPSA) is 15.3 Å². The van der Waals surface area contributed by atoms with Gasteiger partial charge in [0, 0.05) is 30.7 Å². The Labute approximate surface area is 125 Å². The summed E-state index contributed by atoms with van der Waals surface area (Å²) in [7, 11) is 0. The lowest BCUT2D eigenvalue weighted by atomic mass is 9.76. The maximum atomic E-state index is 12.7. The molecule has 0 amide bonds. The smallest absolute Gasteiger partial charge is 0.308 e. The molecule has 1 spiro atoms. The van der Waals surface area contributed by atoms with Crippen molar-refractivity contribution in [2.24, 2.45) is 5.92 Å². The lowest BCUT2D eigenvalue weighted by molar-refractivity contribution is -0.145. The second-order valence-corrected chi connectivity index (χ2v) is 7.61. The van der Waals surface area contributed by atoms with E-state index in [4.69, 9.17) is 0 Å². The number of nitrogens with zero attached hydrogens (tertiary/aromatic N) is 1. The standard InChI is InChI=1S/C16H27F3N2/c1-14(13-5-6-13)11-20-15(7-3-2-4-8-15)12-21(14)10-9-16(17,18)19/h13,20H,2-12H2,1H3. The van der Waals surface area contributed by atoms with Crippen LogP contribution in [0.1, 0.15) is 58.3 Å². The normalized spacial score (nSPS) is 34.3. The highest BCUT2D eigenvalue weighted by Gasteiger charge is 2.52. The molecule has 0 aromatic rings. The molecule has 1 heterocycles. The highest BCUT2D eigenvalue weighted by molar-refractivity contribution is 5.09. The lowest BCUT2D eigenvalue weighted by Gasteiger charge is -2.55. The molecule has 122 valence electrons. The molecule has 5 heteroatoms. The molecule has 2 saturated carbocycles. The summed E-state index contributed by atoms with van der Waals surface area (Å²) >= 11 is 0. The summed E-state index contributed by atoms with van der Waals surface area (Å²) < 4.78 is 38.0. The lowest BCUT2D eigenvalue weighted by Crippen LogP contribution is -2.70. The third-order valence-corrected chi connectivity index (χ3v) is 5.97. The maximum absolute atomic E-state index is 12.7. The highest BCUT2D eigenvalue weighted by Crippen LogP contribution is 2.46. The van der Waals surface area contributed by atoms with E-state index in [1.807, 2.05) is 0 Å². The third kappa shape index (κ3) is 3.39. The highest BCUT2D eigenvalue weighted by atomic mass is 19.4. The minimum atomic E-state index is -4.05. The summed E-state index contributed by atoms with van der Waals surface area (Å²) in [5.41, 5.74) is 0.00615. The van der Waals surface area contributed by atoms with Gasteiger partial charge in [-0.05, 0) is 38.5 Å². The Hall–Kier alpha value is -0.290. The molecule has 3 rings (SSSR count). The molecule has 0 bridgehead atoms. The summed E-state index contributed by atoms with van der Waals surface area (Å²) in [5.74, 6) is 0.583. The monoisotopic (exact) mass is 304 g/mol.